The van der Waals surface area contributed by atoms with Crippen molar-refractivity contribution in [3.63, 3.8) is 0 Å². The van der Waals surface area contributed by atoms with E-state index in [0.29, 0.717) is 37.4 Å². The third-order valence-electron chi connectivity index (χ3n) is 4.94. The Morgan fingerprint density at radius 1 is 1.06 bits per heavy atom. The van der Waals surface area contributed by atoms with Crippen LogP contribution in [0.5, 0.6) is 0 Å². The zero-order valence-corrected chi connectivity index (χ0v) is 18.4. The van der Waals surface area contributed by atoms with Gasteiger partial charge in [0.2, 0.25) is 15.8 Å². The molecule has 0 unspecified atom stereocenters. The van der Waals surface area contributed by atoms with Crippen molar-refractivity contribution < 1.29 is 27.5 Å². The van der Waals surface area contributed by atoms with Gasteiger partial charge in [0, 0.05) is 24.7 Å². The summed E-state index contributed by atoms with van der Waals surface area (Å²) in [5.74, 6) is -0.913. The minimum absolute atomic E-state index is 0.188. The topological polar surface area (TPSA) is 90.0 Å². The van der Waals surface area contributed by atoms with Crippen LogP contribution in [-0.4, -0.2) is 57.4 Å². The molecule has 1 fully saturated rings. The van der Waals surface area contributed by atoms with Crippen molar-refractivity contribution in [1.29, 1.82) is 0 Å². The number of ketones is 1. The van der Waals surface area contributed by atoms with E-state index in [-0.39, 0.29) is 17.3 Å². The number of aryl methyl sites for hydroxylation is 2. The average Bonchev–Trinajstić information content (AvgIpc) is 2.78. The zero-order valence-electron chi connectivity index (χ0n) is 17.5. The van der Waals surface area contributed by atoms with Crippen molar-refractivity contribution in [3.8, 4) is 0 Å². The summed E-state index contributed by atoms with van der Waals surface area (Å²) in [5.41, 5.74) is 2.96. The summed E-state index contributed by atoms with van der Waals surface area (Å²) < 4.78 is 36.9. The molecule has 0 bridgehead atoms. The lowest BCUT2D eigenvalue weighted by Crippen LogP contribution is -2.40. The van der Waals surface area contributed by atoms with E-state index >= 15 is 0 Å². The number of carbonyl (C=O) groups excluding carboxylic acids is 2. The zero-order chi connectivity index (χ0) is 22.4. The van der Waals surface area contributed by atoms with Crippen molar-refractivity contribution in [3.05, 3.63) is 70.8 Å². The number of hydrogen-bond acceptors (Lipinski definition) is 6. The van der Waals surface area contributed by atoms with Gasteiger partial charge >= 0.3 is 5.97 Å². The quantitative estimate of drug-likeness (QED) is 0.371. The summed E-state index contributed by atoms with van der Waals surface area (Å²) in [4.78, 5) is 24.4. The minimum atomic E-state index is -3.56. The maximum atomic E-state index is 12.6. The third kappa shape index (κ3) is 5.88. The van der Waals surface area contributed by atoms with E-state index in [1.165, 1.54) is 28.6 Å². The van der Waals surface area contributed by atoms with Crippen LogP contribution >= 0.6 is 0 Å². The fourth-order valence-corrected chi connectivity index (χ4v) is 4.56. The normalized spacial score (nSPS) is 15.2. The third-order valence-corrected chi connectivity index (χ3v) is 6.85. The standard InChI is InChI=1S/C23H25NO6S/c1-17-3-4-18(2)21(15-17)22(25)16-30-23(26)10-7-19-5-8-20(9-6-19)31(27,28)24-11-13-29-14-12-24/h3-10,15H,11-14,16H2,1-2H3/b10-7+. The van der Waals surface area contributed by atoms with Crippen molar-refractivity contribution in [2.45, 2.75) is 18.7 Å². The summed E-state index contributed by atoms with van der Waals surface area (Å²) in [6.07, 6.45) is 2.72. The maximum Gasteiger partial charge on any atom is 0.331 e. The van der Waals surface area contributed by atoms with Gasteiger partial charge in [0.15, 0.2) is 6.61 Å². The molecule has 0 spiro atoms. The molecule has 1 heterocycles. The van der Waals surface area contributed by atoms with Crippen LogP contribution in [0.4, 0.5) is 0 Å². The minimum Gasteiger partial charge on any atom is -0.454 e. The van der Waals surface area contributed by atoms with Crippen molar-refractivity contribution in [2.75, 3.05) is 32.9 Å². The molecule has 31 heavy (non-hydrogen) atoms. The number of hydrogen-bond donors (Lipinski definition) is 0. The summed E-state index contributed by atoms with van der Waals surface area (Å²) in [5, 5.41) is 0. The Labute approximate surface area is 182 Å². The highest BCUT2D eigenvalue weighted by atomic mass is 32.2. The fourth-order valence-electron chi connectivity index (χ4n) is 3.15. The number of morpholine rings is 1. The number of esters is 1. The van der Waals surface area contributed by atoms with Gasteiger partial charge in [0.05, 0.1) is 18.1 Å². The monoisotopic (exact) mass is 443 g/mol. The van der Waals surface area contributed by atoms with Crippen LogP contribution in [0, 0.1) is 13.8 Å². The van der Waals surface area contributed by atoms with E-state index in [0.717, 1.165) is 11.1 Å². The Morgan fingerprint density at radius 2 is 1.74 bits per heavy atom. The predicted molar refractivity (Wildman–Crippen MR) is 116 cm³/mol. The van der Waals surface area contributed by atoms with Crippen LogP contribution in [0.25, 0.3) is 6.08 Å². The molecular formula is C23H25NO6S. The smallest absolute Gasteiger partial charge is 0.331 e. The molecule has 0 aromatic heterocycles. The second kappa shape index (κ2) is 10.00. The van der Waals surface area contributed by atoms with E-state index in [1.807, 2.05) is 26.0 Å². The molecule has 0 N–H and O–H groups in total. The van der Waals surface area contributed by atoms with Gasteiger partial charge < -0.3 is 9.47 Å². The highest BCUT2D eigenvalue weighted by Gasteiger charge is 2.25. The van der Waals surface area contributed by atoms with Crippen LogP contribution in [0.3, 0.4) is 0 Å². The highest BCUT2D eigenvalue weighted by molar-refractivity contribution is 7.89. The second-order valence-electron chi connectivity index (χ2n) is 7.27. The fraction of sp³-hybridized carbons (Fsp3) is 0.304. The molecule has 3 rings (SSSR count). The summed E-state index contributed by atoms with van der Waals surface area (Å²) >= 11 is 0. The van der Waals surface area contributed by atoms with E-state index in [4.69, 9.17) is 9.47 Å². The molecule has 0 saturated carbocycles. The van der Waals surface area contributed by atoms with Gasteiger partial charge in [-0.15, -0.1) is 0 Å². The molecule has 8 heteroatoms. The van der Waals surface area contributed by atoms with Gasteiger partial charge in [-0.05, 0) is 49.2 Å². The van der Waals surface area contributed by atoms with E-state index < -0.39 is 16.0 Å². The number of nitrogens with zero attached hydrogens (tertiary/aromatic N) is 1. The van der Waals surface area contributed by atoms with Gasteiger partial charge in [0.1, 0.15) is 0 Å². The first-order chi connectivity index (χ1) is 14.8. The lowest BCUT2D eigenvalue weighted by Gasteiger charge is -2.26. The summed E-state index contributed by atoms with van der Waals surface area (Å²) in [6, 6.07) is 11.8. The van der Waals surface area contributed by atoms with Crippen LogP contribution in [0.2, 0.25) is 0 Å². The number of carbonyl (C=O) groups is 2. The molecule has 1 aliphatic rings. The number of Topliss-reactive ketones (excluding diaryl/α,β-unsaturated/α-hetero) is 1. The Morgan fingerprint density at radius 3 is 2.42 bits per heavy atom. The molecule has 0 amide bonds. The van der Waals surface area contributed by atoms with Crippen LogP contribution in [0.15, 0.2) is 53.4 Å². The molecule has 0 atom stereocenters. The van der Waals surface area contributed by atoms with Gasteiger partial charge in [-0.3, -0.25) is 4.79 Å². The Bertz CT molecular complexity index is 1080. The lowest BCUT2D eigenvalue weighted by molar-refractivity contribution is -0.136. The van der Waals surface area contributed by atoms with E-state index in [1.54, 1.807) is 18.2 Å². The maximum absolute atomic E-state index is 12.6. The predicted octanol–water partition coefficient (Wildman–Crippen LogP) is 2.76. The highest BCUT2D eigenvalue weighted by Crippen LogP contribution is 2.18. The SMILES string of the molecule is Cc1ccc(C)c(C(=O)COC(=O)/C=C/c2ccc(S(=O)(=O)N3CCOCC3)cc2)c1. The molecule has 2 aromatic rings. The summed E-state index contributed by atoms with van der Waals surface area (Å²) in [7, 11) is -3.56. The van der Waals surface area contributed by atoms with Gasteiger partial charge in [-0.2, -0.15) is 4.31 Å². The number of benzene rings is 2. The number of ether oxygens (including phenoxy) is 2. The Balaban J connectivity index is 1.57. The second-order valence-corrected chi connectivity index (χ2v) is 9.21. The first-order valence-corrected chi connectivity index (χ1v) is 11.3. The van der Waals surface area contributed by atoms with Gasteiger partial charge in [-0.1, -0.05) is 29.8 Å². The first kappa shape index (κ1) is 22.9. The molecule has 0 radical (unpaired) electrons. The van der Waals surface area contributed by atoms with Gasteiger partial charge in [-0.25, -0.2) is 13.2 Å². The molecular weight excluding hydrogens is 418 g/mol. The molecule has 0 aliphatic carbocycles. The number of sulfonamides is 1. The Kier molecular flexibility index (Phi) is 7.37. The average molecular weight is 444 g/mol. The largest absolute Gasteiger partial charge is 0.454 e. The first-order valence-electron chi connectivity index (χ1n) is 9.90. The van der Waals surface area contributed by atoms with Crippen molar-refractivity contribution >= 4 is 27.9 Å². The van der Waals surface area contributed by atoms with Crippen LogP contribution in [-0.2, 0) is 24.3 Å². The molecule has 164 valence electrons. The van der Waals surface area contributed by atoms with Crippen molar-refractivity contribution in [2.24, 2.45) is 0 Å². The van der Waals surface area contributed by atoms with Gasteiger partial charge in [0.25, 0.3) is 0 Å². The Hall–Kier alpha value is -2.81. The van der Waals surface area contributed by atoms with E-state index in [2.05, 4.69) is 0 Å². The molecule has 2 aromatic carbocycles. The van der Waals surface area contributed by atoms with Crippen LogP contribution in [0.1, 0.15) is 27.0 Å². The summed E-state index contributed by atoms with van der Waals surface area (Å²) in [6.45, 7) is 4.80. The molecule has 1 saturated heterocycles. The van der Waals surface area contributed by atoms with Crippen molar-refractivity contribution in [1.82, 2.24) is 4.31 Å². The van der Waals surface area contributed by atoms with Crippen LogP contribution < -0.4 is 0 Å². The van der Waals surface area contributed by atoms with E-state index in [9.17, 15) is 18.0 Å². The molecule has 7 nitrogen and oxygen atoms in total. The number of rotatable bonds is 7. The lowest BCUT2D eigenvalue weighted by atomic mass is 10.0. The molecule has 1 aliphatic heterocycles.